The fraction of sp³-hybridized carbons (Fsp3) is 0.250. The Morgan fingerprint density at radius 2 is 1.82 bits per heavy atom. The van der Waals surface area contributed by atoms with Crippen molar-refractivity contribution in [3.63, 3.8) is 0 Å². The summed E-state index contributed by atoms with van der Waals surface area (Å²) in [6.07, 6.45) is 0. The number of carbonyl (C=O) groups is 1. The molecule has 0 spiro atoms. The van der Waals surface area contributed by atoms with Crippen molar-refractivity contribution in [3.05, 3.63) is 64.7 Å². The van der Waals surface area contributed by atoms with Gasteiger partial charge in [0.1, 0.15) is 5.75 Å². The third kappa shape index (κ3) is 5.70. The second-order valence-corrected chi connectivity index (χ2v) is 9.30. The van der Waals surface area contributed by atoms with E-state index in [1.54, 1.807) is 49.9 Å². The zero-order valence-electron chi connectivity index (χ0n) is 15.7. The quantitative estimate of drug-likeness (QED) is 0.388. The Morgan fingerprint density at radius 3 is 2.50 bits per heavy atom. The van der Waals surface area contributed by atoms with Crippen molar-refractivity contribution in [3.8, 4) is 5.75 Å². The fourth-order valence-electron chi connectivity index (χ4n) is 2.24. The summed E-state index contributed by atoms with van der Waals surface area (Å²) in [7, 11) is 0. The Labute approximate surface area is 177 Å². The molecule has 3 aromatic rings. The molecule has 1 heterocycles. The van der Waals surface area contributed by atoms with Crippen LogP contribution in [0.3, 0.4) is 0 Å². The van der Waals surface area contributed by atoms with E-state index in [-0.39, 0.29) is 5.91 Å². The first-order valence-electron chi connectivity index (χ1n) is 8.60. The Kier molecular flexibility index (Phi) is 6.59. The van der Waals surface area contributed by atoms with Crippen molar-refractivity contribution in [2.24, 2.45) is 0 Å². The Hall–Kier alpha value is -2.09. The number of benzene rings is 2. The van der Waals surface area contributed by atoms with Crippen molar-refractivity contribution in [2.45, 2.75) is 36.5 Å². The van der Waals surface area contributed by atoms with Crippen molar-refractivity contribution < 1.29 is 9.53 Å². The molecule has 8 heteroatoms. The summed E-state index contributed by atoms with van der Waals surface area (Å²) in [5.41, 5.74) is 1.38. The number of aryl methyl sites for hydroxylation is 1. The van der Waals surface area contributed by atoms with Gasteiger partial charge in [0.05, 0.1) is 0 Å². The highest BCUT2D eigenvalue weighted by Gasteiger charge is 2.31. The number of hydrogen-bond donors (Lipinski definition) is 1. The van der Waals surface area contributed by atoms with Gasteiger partial charge in [0.15, 0.2) is 9.94 Å². The molecule has 0 unspecified atom stereocenters. The minimum Gasteiger partial charge on any atom is -0.478 e. The van der Waals surface area contributed by atoms with Crippen LogP contribution in [0.25, 0.3) is 0 Å². The summed E-state index contributed by atoms with van der Waals surface area (Å²) in [6, 6.07) is 15.3. The van der Waals surface area contributed by atoms with Gasteiger partial charge in [-0.2, -0.15) is 0 Å². The molecular weight excluding hydrogens is 414 g/mol. The summed E-state index contributed by atoms with van der Waals surface area (Å²) in [5, 5.41) is 12.0. The fourth-order valence-corrected chi connectivity index (χ4v) is 4.07. The molecule has 1 N–H and O–H groups in total. The largest absolute Gasteiger partial charge is 0.478 e. The van der Waals surface area contributed by atoms with Gasteiger partial charge in [-0.05, 0) is 50.6 Å². The minimum absolute atomic E-state index is 0.298. The lowest BCUT2D eigenvalue weighted by molar-refractivity contribution is -0.128. The van der Waals surface area contributed by atoms with Crippen LogP contribution in [0, 0.1) is 6.92 Å². The summed E-state index contributed by atoms with van der Waals surface area (Å²) in [4.78, 5) is 12.6. The van der Waals surface area contributed by atoms with Crippen LogP contribution in [0.2, 0.25) is 5.02 Å². The first-order chi connectivity index (χ1) is 13.3. The second kappa shape index (κ2) is 8.94. The smallest absolute Gasteiger partial charge is 0.269 e. The lowest BCUT2D eigenvalue weighted by Crippen LogP contribution is -2.42. The van der Waals surface area contributed by atoms with Gasteiger partial charge >= 0.3 is 0 Å². The highest BCUT2D eigenvalue weighted by molar-refractivity contribution is 8.00. The number of nitrogens with one attached hydrogen (secondary N) is 1. The number of amides is 1. The number of carbonyl (C=O) groups excluding carboxylic acids is 1. The van der Waals surface area contributed by atoms with Gasteiger partial charge in [-0.15, -0.1) is 10.2 Å². The molecule has 0 aliphatic rings. The van der Waals surface area contributed by atoms with Gasteiger partial charge in [-0.25, -0.2) is 0 Å². The van der Waals surface area contributed by atoms with Gasteiger partial charge in [-0.1, -0.05) is 64.5 Å². The zero-order chi connectivity index (χ0) is 20.1. The normalized spacial score (nSPS) is 11.3. The standard InChI is InChI=1S/C20H20ClN3O2S2/c1-13-4-6-14(7-5-13)12-27-19-24-23-18(28-19)22-17(25)20(2,3)26-16-10-8-15(21)9-11-16/h4-11H,12H2,1-3H3,(H,22,23,25). The van der Waals surface area contributed by atoms with Crippen molar-refractivity contribution >= 4 is 45.7 Å². The number of nitrogens with zero attached hydrogens (tertiary/aromatic N) is 2. The van der Waals surface area contributed by atoms with Crippen LogP contribution in [0.15, 0.2) is 52.9 Å². The molecule has 0 fully saturated rings. The van der Waals surface area contributed by atoms with Crippen molar-refractivity contribution in [1.29, 1.82) is 0 Å². The molecule has 0 atom stereocenters. The average Bonchev–Trinajstić information content (AvgIpc) is 3.10. The molecule has 0 saturated carbocycles. The van der Waals surface area contributed by atoms with Crippen LogP contribution in [0.4, 0.5) is 5.13 Å². The van der Waals surface area contributed by atoms with E-state index < -0.39 is 5.60 Å². The minimum atomic E-state index is -1.07. The zero-order valence-corrected chi connectivity index (χ0v) is 18.1. The number of thioether (sulfide) groups is 1. The molecule has 2 aromatic carbocycles. The van der Waals surface area contributed by atoms with Gasteiger partial charge in [-0.3, -0.25) is 10.1 Å². The van der Waals surface area contributed by atoms with Crippen LogP contribution in [-0.4, -0.2) is 21.7 Å². The van der Waals surface area contributed by atoms with E-state index in [0.717, 1.165) is 10.1 Å². The van der Waals surface area contributed by atoms with Gasteiger partial charge in [0, 0.05) is 10.8 Å². The highest BCUT2D eigenvalue weighted by Crippen LogP contribution is 2.29. The van der Waals surface area contributed by atoms with Crippen LogP contribution in [0.5, 0.6) is 5.75 Å². The Bertz CT molecular complexity index is 941. The maximum Gasteiger partial charge on any atom is 0.269 e. The summed E-state index contributed by atoms with van der Waals surface area (Å²) in [5.74, 6) is 1.07. The molecule has 28 heavy (non-hydrogen) atoms. The van der Waals surface area contributed by atoms with E-state index in [1.165, 1.54) is 22.5 Å². The average molecular weight is 434 g/mol. The summed E-state index contributed by atoms with van der Waals surface area (Å²) in [6.45, 7) is 5.46. The molecule has 5 nitrogen and oxygen atoms in total. The molecule has 0 aliphatic heterocycles. The molecule has 0 aliphatic carbocycles. The van der Waals surface area contributed by atoms with Gasteiger partial charge < -0.3 is 4.74 Å². The third-order valence-corrected chi connectivity index (χ3v) is 6.14. The lowest BCUT2D eigenvalue weighted by Gasteiger charge is -2.24. The predicted octanol–water partition coefficient (Wildman–Crippen LogP) is 5.59. The van der Waals surface area contributed by atoms with Crippen LogP contribution in [0.1, 0.15) is 25.0 Å². The van der Waals surface area contributed by atoms with E-state index in [9.17, 15) is 4.79 Å². The second-order valence-electron chi connectivity index (χ2n) is 6.67. The Balaban J connectivity index is 1.56. The maximum absolute atomic E-state index is 12.6. The van der Waals surface area contributed by atoms with Gasteiger partial charge in [0.25, 0.3) is 5.91 Å². The first-order valence-corrected chi connectivity index (χ1v) is 10.8. The molecule has 0 bridgehead atoms. The van der Waals surface area contributed by atoms with Crippen molar-refractivity contribution in [1.82, 2.24) is 10.2 Å². The topological polar surface area (TPSA) is 64.1 Å². The summed E-state index contributed by atoms with van der Waals surface area (Å²) < 4.78 is 6.59. The monoisotopic (exact) mass is 433 g/mol. The molecule has 146 valence electrons. The number of anilines is 1. The number of ether oxygens (including phenoxy) is 1. The van der Waals surface area contributed by atoms with E-state index in [4.69, 9.17) is 16.3 Å². The first kappa shape index (κ1) is 20.6. The number of rotatable bonds is 7. The van der Waals surface area contributed by atoms with E-state index in [1.807, 2.05) is 0 Å². The molecule has 0 saturated heterocycles. The lowest BCUT2D eigenvalue weighted by atomic mass is 10.1. The van der Waals surface area contributed by atoms with Crippen molar-refractivity contribution in [2.75, 3.05) is 5.32 Å². The van der Waals surface area contributed by atoms with E-state index in [0.29, 0.717) is 15.9 Å². The van der Waals surface area contributed by atoms with Crippen LogP contribution < -0.4 is 10.1 Å². The number of hydrogen-bond acceptors (Lipinski definition) is 6. The maximum atomic E-state index is 12.6. The van der Waals surface area contributed by atoms with E-state index in [2.05, 4.69) is 46.7 Å². The SMILES string of the molecule is Cc1ccc(CSc2nnc(NC(=O)C(C)(C)Oc3ccc(Cl)cc3)s2)cc1. The molecule has 1 aromatic heterocycles. The number of aromatic nitrogens is 2. The highest BCUT2D eigenvalue weighted by atomic mass is 35.5. The molecule has 3 rings (SSSR count). The van der Waals surface area contributed by atoms with Crippen LogP contribution in [-0.2, 0) is 10.5 Å². The van der Waals surface area contributed by atoms with E-state index >= 15 is 0 Å². The van der Waals surface area contributed by atoms with Crippen LogP contribution >= 0.6 is 34.7 Å². The molecule has 1 amide bonds. The molecule has 0 radical (unpaired) electrons. The van der Waals surface area contributed by atoms with Gasteiger partial charge in [0.2, 0.25) is 5.13 Å². The Morgan fingerprint density at radius 1 is 1.14 bits per heavy atom. The predicted molar refractivity (Wildman–Crippen MR) is 115 cm³/mol. The summed E-state index contributed by atoms with van der Waals surface area (Å²) >= 11 is 8.81. The number of halogens is 1. The third-order valence-electron chi connectivity index (χ3n) is 3.84. The molecular formula is C20H20ClN3O2S2.